The summed E-state index contributed by atoms with van der Waals surface area (Å²) in [6, 6.07) is 17.0. The fourth-order valence-electron chi connectivity index (χ4n) is 4.53. The molecule has 0 amide bonds. The predicted octanol–water partition coefficient (Wildman–Crippen LogP) is 5.89. The van der Waals surface area contributed by atoms with Crippen molar-refractivity contribution >= 4 is 21.6 Å². The summed E-state index contributed by atoms with van der Waals surface area (Å²) < 4.78 is 2.64. The summed E-state index contributed by atoms with van der Waals surface area (Å²) in [4.78, 5) is 20.7. The van der Waals surface area contributed by atoms with E-state index in [9.17, 15) is 4.79 Å². The van der Waals surface area contributed by atoms with Crippen molar-refractivity contribution in [3.8, 4) is 22.5 Å². The lowest BCUT2D eigenvalue weighted by Gasteiger charge is -2.27. The first-order chi connectivity index (χ1) is 15.6. The van der Waals surface area contributed by atoms with Crippen LogP contribution in [0, 0.1) is 13.8 Å². The van der Waals surface area contributed by atoms with Crippen LogP contribution < -0.4 is 5.56 Å². The number of benzene rings is 2. The van der Waals surface area contributed by atoms with Crippen LogP contribution in [-0.4, -0.2) is 34.1 Å². The molecule has 5 heteroatoms. The Hall–Kier alpha value is -2.76. The number of nitrogens with zero attached hydrogens (tertiary/aromatic N) is 3. The molecule has 1 aliphatic rings. The molecule has 4 nitrogen and oxygen atoms in total. The van der Waals surface area contributed by atoms with E-state index in [1.165, 1.54) is 52.9 Å². The van der Waals surface area contributed by atoms with E-state index >= 15 is 0 Å². The van der Waals surface area contributed by atoms with Crippen molar-refractivity contribution in [3.05, 3.63) is 75.4 Å². The SMILES string of the molecule is Cc1ccc(-c2ccc(-c3nc4ccsc4c(=O)n3CCN3CCCCC3)cc2)cc1C. The second-order valence-corrected chi connectivity index (χ2v) is 9.72. The van der Waals surface area contributed by atoms with E-state index in [4.69, 9.17) is 4.98 Å². The summed E-state index contributed by atoms with van der Waals surface area (Å²) in [6.07, 6.45) is 3.82. The maximum Gasteiger partial charge on any atom is 0.271 e. The van der Waals surface area contributed by atoms with Crippen LogP contribution in [0.5, 0.6) is 0 Å². The first-order valence-corrected chi connectivity index (χ1v) is 12.4. The standard InChI is InChI=1S/C27H29N3OS/c1-19-6-7-23(18-20(19)2)21-8-10-22(11-9-21)26-28-24-12-17-32-25(24)27(31)30(26)16-15-29-13-4-3-5-14-29/h6-12,17-18H,3-5,13-16H2,1-2H3. The molecule has 0 bridgehead atoms. The van der Waals surface area contributed by atoms with Gasteiger partial charge in [0.2, 0.25) is 0 Å². The molecular weight excluding hydrogens is 414 g/mol. The van der Waals surface area contributed by atoms with Crippen molar-refractivity contribution in [2.75, 3.05) is 19.6 Å². The van der Waals surface area contributed by atoms with Crippen molar-refractivity contribution < 1.29 is 0 Å². The molecular formula is C27H29N3OS. The molecule has 1 fully saturated rings. The van der Waals surface area contributed by atoms with Gasteiger partial charge in [0.1, 0.15) is 10.5 Å². The molecule has 0 aliphatic carbocycles. The molecule has 32 heavy (non-hydrogen) atoms. The molecule has 0 spiro atoms. The van der Waals surface area contributed by atoms with Crippen molar-refractivity contribution in [2.45, 2.75) is 39.7 Å². The lowest BCUT2D eigenvalue weighted by atomic mass is 9.99. The van der Waals surface area contributed by atoms with E-state index in [1.54, 1.807) is 0 Å². The quantitative estimate of drug-likeness (QED) is 0.386. The number of piperidine rings is 1. The lowest BCUT2D eigenvalue weighted by molar-refractivity contribution is 0.220. The molecule has 3 heterocycles. The highest BCUT2D eigenvalue weighted by Gasteiger charge is 2.16. The Balaban J connectivity index is 1.50. The van der Waals surface area contributed by atoms with Gasteiger partial charge < -0.3 is 4.90 Å². The van der Waals surface area contributed by atoms with Gasteiger partial charge in [0.15, 0.2) is 0 Å². The second-order valence-electron chi connectivity index (χ2n) is 8.81. The highest BCUT2D eigenvalue weighted by Crippen LogP contribution is 2.27. The highest BCUT2D eigenvalue weighted by molar-refractivity contribution is 7.17. The van der Waals surface area contributed by atoms with Crippen LogP contribution in [0.1, 0.15) is 30.4 Å². The third kappa shape index (κ3) is 4.15. The Morgan fingerprint density at radius 2 is 1.56 bits per heavy atom. The molecule has 0 N–H and O–H groups in total. The Bertz CT molecular complexity index is 1300. The Labute approximate surface area is 193 Å². The topological polar surface area (TPSA) is 38.1 Å². The second kappa shape index (κ2) is 9.00. The number of hydrogen-bond acceptors (Lipinski definition) is 4. The van der Waals surface area contributed by atoms with Gasteiger partial charge in [-0.05, 0) is 73.5 Å². The van der Waals surface area contributed by atoms with Gasteiger partial charge in [0, 0.05) is 18.7 Å². The lowest BCUT2D eigenvalue weighted by Crippen LogP contribution is -2.35. The smallest absolute Gasteiger partial charge is 0.271 e. The van der Waals surface area contributed by atoms with Gasteiger partial charge in [0.25, 0.3) is 5.56 Å². The third-order valence-corrected chi connectivity index (χ3v) is 7.53. The van der Waals surface area contributed by atoms with Crippen LogP contribution in [0.2, 0.25) is 0 Å². The van der Waals surface area contributed by atoms with Crippen LogP contribution in [0.3, 0.4) is 0 Å². The molecule has 0 atom stereocenters. The minimum atomic E-state index is 0.0789. The maximum atomic E-state index is 13.3. The fourth-order valence-corrected chi connectivity index (χ4v) is 5.31. The Kier molecular flexibility index (Phi) is 5.94. The number of aromatic nitrogens is 2. The van der Waals surface area contributed by atoms with Gasteiger partial charge in [0.05, 0.1) is 5.52 Å². The zero-order chi connectivity index (χ0) is 22.1. The first kappa shape index (κ1) is 21.1. The average molecular weight is 444 g/mol. The predicted molar refractivity (Wildman–Crippen MR) is 135 cm³/mol. The molecule has 0 radical (unpaired) electrons. The Morgan fingerprint density at radius 1 is 0.844 bits per heavy atom. The maximum absolute atomic E-state index is 13.3. The third-order valence-electron chi connectivity index (χ3n) is 6.64. The number of aryl methyl sites for hydroxylation is 2. The van der Waals surface area contributed by atoms with E-state index in [2.05, 4.69) is 61.2 Å². The molecule has 2 aromatic carbocycles. The van der Waals surface area contributed by atoms with Gasteiger partial charge >= 0.3 is 0 Å². The number of thiophene rings is 1. The van der Waals surface area contributed by atoms with E-state index in [1.807, 2.05) is 16.0 Å². The minimum Gasteiger partial charge on any atom is -0.302 e. The largest absolute Gasteiger partial charge is 0.302 e. The molecule has 5 rings (SSSR count). The first-order valence-electron chi connectivity index (χ1n) is 11.5. The zero-order valence-corrected chi connectivity index (χ0v) is 19.6. The summed E-state index contributed by atoms with van der Waals surface area (Å²) in [5.74, 6) is 0.768. The summed E-state index contributed by atoms with van der Waals surface area (Å²) in [6.45, 7) is 8.11. The van der Waals surface area contributed by atoms with Crippen LogP contribution in [0.15, 0.2) is 58.7 Å². The summed E-state index contributed by atoms with van der Waals surface area (Å²) in [5.41, 5.74) is 6.84. The van der Waals surface area contributed by atoms with Gasteiger partial charge in [-0.2, -0.15) is 0 Å². The van der Waals surface area contributed by atoms with Crippen molar-refractivity contribution in [3.63, 3.8) is 0 Å². The van der Waals surface area contributed by atoms with E-state index in [0.717, 1.165) is 41.2 Å². The molecule has 4 aromatic rings. The normalized spacial score (nSPS) is 14.8. The molecule has 1 saturated heterocycles. The van der Waals surface area contributed by atoms with E-state index < -0.39 is 0 Å². The molecule has 0 unspecified atom stereocenters. The minimum absolute atomic E-state index is 0.0789. The number of hydrogen-bond donors (Lipinski definition) is 0. The number of likely N-dealkylation sites (tertiary alicyclic amines) is 1. The van der Waals surface area contributed by atoms with E-state index in [-0.39, 0.29) is 5.56 Å². The van der Waals surface area contributed by atoms with Crippen molar-refractivity contribution in [1.29, 1.82) is 0 Å². The molecule has 0 saturated carbocycles. The fraction of sp³-hybridized carbons (Fsp3) is 0.333. The van der Waals surface area contributed by atoms with Gasteiger partial charge in [-0.25, -0.2) is 4.98 Å². The van der Waals surface area contributed by atoms with Gasteiger partial charge in [-0.3, -0.25) is 9.36 Å². The number of rotatable bonds is 5. The van der Waals surface area contributed by atoms with Gasteiger partial charge in [-0.15, -0.1) is 11.3 Å². The summed E-state index contributed by atoms with van der Waals surface area (Å²) >= 11 is 1.49. The van der Waals surface area contributed by atoms with Crippen LogP contribution in [0.25, 0.3) is 32.7 Å². The average Bonchev–Trinajstić information content (AvgIpc) is 3.30. The highest BCUT2D eigenvalue weighted by atomic mass is 32.1. The zero-order valence-electron chi connectivity index (χ0n) is 18.8. The van der Waals surface area contributed by atoms with Crippen LogP contribution in [0.4, 0.5) is 0 Å². The monoisotopic (exact) mass is 443 g/mol. The van der Waals surface area contributed by atoms with E-state index in [0.29, 0.717) is 6.54 Å². The molecule has 1 aliphatic heterocycles. The van der Waals surface area contributed by atoms with Crippen LogP contribution in [-0.2, 0) is 6.54 Å². The molecule has 164 valence electrons. The summed E-state index contributed by atoms with van der Waals surface area (Å²) in [7, 11) is 0. The van der Waals surface area contributed by atoms with Crippen molar-refractivity contribution in [2.24, 2.45) is 0 Å². The molecule has 2 aromatic heterocycles. The van der Waals surface area contributed by atoms with Crippen LogP contribution >= 0.6 is 11.3 Å². The van der Waals surface area contributed by atoms with Crippen molar-refractivity contribution in [1.82, 2.24) is 14.5 Å². The Morgan fingerprint density at radius 3 is 2.31 bits per heavy atom. The van der Waals surface area contributed by atoms with Gasteiger partial charge in [-0.1, -0.05) is 48.9 Å². The number of fused-ring (bicyclic) bond motifs is 1. The summed E-state index contributed by atoms with van der Waals surface area (Å²) in [5, 5.41) is 1.96.